The molecule has 0 N–H and O–H groups in total. The van der Waals surface area contributed by atoms with Gasteiger partial charge in [0.05, 0.1) is 0 Å². The van der Waals surface area contributed by atoms with Crippen LogP contribution < -0.4 is 0 Å². The van der Waals surface area contributed by atoms with Gasteiger partial charge in [0.25, 0.3) is 0 Å². The van der Waals surface area contributed by atoms with Gasteiger partial charge in [-0.1, -0.05) is 347 Å². The van der Waals surface area contributed by atoms with Crippen LogP contribution >= 0.6 is 0 Å². The van der Waals surface area contributed by atoms with Crippen molar-refractivity contribution in [1.29, 1.82) is 0 Å². The molecule has 0 aromatic carbocycles. The smallest absolute Gasteiger partial charge is 0.306 e. The van der Waals surface area contributed by atoms with Gasteiger partial charge in [-0.25, -0.2) is 0 Å². The number of rotatable bonds is 65. The van der Waals surface area contributed by atoms with Crippen molar-refractivity contribution in [2.75, 3.05) is 13.2 Å². The first-order chi connectivity index (χ1) is 38.0. The van der Waals surface area contributed by atoms with E-state index in [9.17, 15) is 14.4 Å². The normalized spacial score (nSPS) is 12.1. The third kappa shape index (κ3) is 64.6. The van der Waals surface area contributed by atoms with Crippen LogP contribution in [0.2, 0.25) is 0 Å². The lowest BCUT2D eigenvalue weighted by Crippen LogP contribution is -2.30. The largest absolute Gasteiger partial charge is 0.462 e. The van der Waals surface area contributed by atoms with E-state index in [0.717, 1.165) is 64.2 Å². The molecule has 0 bridgehead atoms. The van der Waals surface area contributed by atoms with Crippen LogP contribution in [-0.2, 0) is 28.6 Å². The van der Waals surface area contributed by atoms with Gasteiger partial charge >= 0.3 is 17.9 Å². The second-order valence-corrected chi connectivity index (χ2v) is 23.8. The topological polar surface area (TPSA) is 78.9 Å². The third-order valence-electron chi connectivity index (χ3n) is 16.0. The monoisotopic (exact) mass is 1080 g/mol. The predicted octanol–water partition coefficient (Wildman–Crippen LogP) is 23.8. The molecule has 6 nitrogen and oxygen atoms in total. The highest BCUT2D eigenvalue weighted by Crippen LogP contribution is 2.19. The molecule has 0 radical (unpaired) electrons. The molecule has 0 amide bonds. The zero-order valence-corrected chi connectivity index (χ0v) is 52.3. The average molecular weight is 1080 g/mol. The van der Waals surface area contributed by atoms with Crippen molar-refractivity contribution in [3.63, 3.8) is 0 Å². The summed E-state index contributed by atoms with van der Waals surface area (Å²) in [6.07, 6.45) is 80.7. The molecule has 1 unspecified atom stereocenters. The molecular weight excluding hydrogens is 949 g/mol. The number of hydrogen-bond acceptors (Lipinski definition) is 6. The molecule has 0 aromatic rings. The Kier molecular flexibility index (Phi) is 64.6. The Morgan fingerprint density at radius 2 is 0.468 bits per heavy atom. The number of unbranched alkanes of at least 4 members (excludes halogenated alkanes) is 50. The Bertz CT molecular complexity index is 1240. The van der Waals surface area contributed by atoms with Crippen LogP contribution in [0.15, 0.2) is 24.3 Å². The fourth-order valence-corrected chi connectivity index (χ4v) is 10.7. The average Bonchev–Trinajstić information content (AvgIpc) is 3.43. The van der Waals surface area contributed by atoms with E-state index in [-0.39, 0.29) is 31.1 Å². The third-order valence-corrected chi connectivity index (χ3v) is 16.0. The Balaban J connectivity index is 4.10. The van der Waals surface area contributed by atoms with Crippen LogP contribution in [-0.4, -0.2) is 37.2 Å². The summed E-state index contributed by atoms with van der Waals surface area (Å²) in [6, 6.07) is 0. The van der Waals surface area contributed by atoms with Gasteiger partial charge in [0.15, 0.2) is 6.10 Å². The van der Waals surface area contributed by atoms with Crippen molar-refractivity contribution < 1.29 is 28.6 Å². The van der Waals surface area contributed by atoms with Gasteiger partial charge in [-0.2, -0.15) is 0 Å². The lowest BCUT2D eigenvalue weighted by molar-refractivity contribution is -0.167. The number of hydrogen-bond donors (Lipinski definition) is 0. The van der Waals surface area contributed by atoms with Gasteiger partial charge in [-0.05, 0) is 51.4 Å². The molecule has 0 rings (SSSR count). The first-order valence-electron chi connectivity index (χ1n) is 34.8. The maximum Gasteiger partial charge on any atom is 0.306 e. The van der Waals surface area contributed by atoms with Gasteiger partial charge in [-0.15, -0.1) is 0 Å². The summed E-state index contributed by atoms with van der Waals surface area (Å²) in [4.78, 5) is 38.3. The van der Waals surface area contributed by atoms with Gasteiger partial charge < -0.3 is 14.2 Å². The van der Waals surface area contributed by atoms with E-state index >= 15 is 0 Å². The van der Waals surface area contributed by atoms with E-state index in [1.165, 1.54) is 289 Å². The molecule has 0 saturated heterocycles. The molecule has 0 spiro atoms. The van der Waals surface area contributed by atoms with E-state index in [0.29, 0.717) is 19.3 Å². The SMILES string of the molecule is CCCCCCC/C=C\C/C=C\CCCCCCCCCCCCCCCCCCCCCC(=O)OCC(COC(=O)CCCCCCCCCCCCCCC)OC(=O)CCCCCCCCCCCCCCCCC. The lowest BCUT2D eigenvalue weighted by Gasteiger charge is -2.18. The Morgan fingerprint density at radius 3 is 0.714 bits per heavy atom. The molecule has 6 heteroatoms. The highest BCUT2D eigenvalue weighted by atomic mass is 16.6. The van der Waals surface area contributed by atoms with Gasteiger partial charge in [0, 0.05) is 19.3 Å². The zero-order valence-electron chi connectivity index (χ0n) is 52.3. The Morgan fingerprint density at radius 1 is 0.260 bits per heavy atom. The Hall–Kier alpha value is -2.11. The molecular formula is C71H134O6. The minimum absolute atomic E-state index is 0.0631. The number of carbonyl (C=O) groups is 3. The molecule has 1 atom stereocenters. The minimum atomic E-state index is -0.765. The standard InChI is InChI=1S/C71H134O6/c1-4-7-10-13-16-19-22-25-27-28-29-30-31-32-33-34-35-36-37-38-39-40-41-42-44-46-49-52-55-58-61-64-70(73)76-67-68(66-75-69(72)63-60-57-54-51-48-45-24-21-18-15-12-9-6-3)77-71(74)65-62-59-56-53-50-47-43-26-23-20-17-14-11-8-5-2/h22,25,28-29,68H,4-21,23-24,26-27,30-67H2,1-3H3/b25-22-,29-28-. The number of carbonyl (C=O) groups excluding carboxylic acids is 3. The van der Waals surface area contributed by atoms with Crippen LogP contribution in [0.4, 0.5) is 0 Å². The van der Waals surface area contributed by atoms with Gasteiger partial charge in [0.2, 0.25) is 0 Å². The molecule has 0 aliphatic heterocycles. The number of esters is 3. The van der Waals surface area contributed by atoms with Crippen LogP contribution in [0.5, 0.6) is 0 Å². The summed E-state index contributed by atoms with van der Waals surface area (Å²) in [5.41, 5.74) is 0. The van der Waals surface area contributed by atoms with Crippen molar-refractivity contribution >= 4 is 17.9 Å². The van der Waals surface area contributed by atoms with E-state index in [1.807, 2.05) is 0 Å². The lowest BCUT2D eigenvalue weighted by atomic mass is 10.0. The molecule has 0 aliphatic carbocycles. The highest BCUT2D eigenvalue weighted by molar-refractivity contribution is 5.71. The summed E-state index contributed by atoms with van der Waals surface area (Å²) in [5.74, 6) is -0.831. The maximum absolute atomic E-state index is 12.9. The van der Waals surface area contributed by atoms with Crippen molar-refractivity contribution in [2.45, 2.75) is 399 Å². The molecule has 454 valence electrons. The number of allylic oxidation sites excluding steroid dienone is 4. The van der Waals surface area contributed by atoms with Crippen molar-refractivity contribution in [3.8, 4) is 0 Å². The van der Waals surface area contributed by atoms with Crippen LogP contribution in [0.3, 0.4) is 0 Å². The van der Waals surface area contributed by atoms with Crippen LogP contribution in [0, 0.1) is 0 Å². The number of ether oxygens (including phenoxy) is 3. The molecule has 0 fully saturated rings. The second kappa shape index (κ2) is 66.4. The molecule has 0 saturated carbocycles. The maximum atomic E-state index is 12.9. The molecule has 0 aliphatic rings. The first kappa shape index (κ1) is 74.9. The van der Waals surface area contributed by atoms with Gasteiger partial charge in [-0.3, -0.25) is 14.4 Å². The fraction of sp³-hybridized carbons (Fsp3) is 0.901. The highest BCUT2D eigenvalue weighted by Gasteiger charge is 2.19. The molecule has 0 aromatic heterocycles. The summed E-state index contributed by atoms with van der Waals surface area (Å²) in [6.45, 7) is 6.70. The quantitative estimate of drug-likeness (QED) is 0.0261. The molecule has 77 heavy (non-hydrogen) atoms. The van der Waals surface area contributed by atoms with Crippen molar-refractivity contribution in [3.05, 3.63) is 24.3 Å². The van der Waals surface area contributed by atoms with E-state index in [2.05, 4.69) is 45.1 Å². The van der Waals surface area contributed by atoms with Crippen molar-refractivity contribution in [2.24, 2.45) is 0 Å². The zero-order chi connectivity index (χ0) is 55.7. The fourth-order valence-electron chi connectivity index (χ4n) is 10.7. The summed E-state index contributed by atoms with van der Waals surface area (Å²) in [5, 5.41) is 0. The molecule has 0 heterocycles. The van der Waals surface area contributed by atoms with Crippen LogP contribution in [0.1, 0.15) is 393 Å². The minimum Gasteiger partial charge on any atom is -0.462 e. The second-order valence-electron chi connectivity index (χ2n) is 23.8. The summed E-state index contributed by atoms with van der Waals surface area (Å²) >= 11 is 0. The first-order valence-corrected chi connectivity index (χ1v) is 34.8. The Labute approximate surface area is 481 Å². The van der Waals surface area contributed by atoms with E-state index in [1.54, 1.807) is 0 Å². The summed E-state index contributed by atoms with van der Waals surface area (Å²) < 4.78 is 17.0. The van der Waals surface area contributed by atoms with Crippen LogP contribution in [0.25, 0.3) is 0 Å². The predicted molar refractivity (Wildman–Crippen MR) is 335 cm³/mol. The summed E-state index contributed by atoms with van der Waals surface area (Å²) in [7, 11) is 0. The van der Waals surface area contributed by atoms with E-state index < -0.39 is 6.10 Å². The van der Waals surface area contributed by atoms with E-state index in [4.69, 9.17) is 14.2 Å². The van der Waals surface area contributed by atoms with Gasteiger partial charge in [0.1, 0.15) is 13.2 Å². The van der Waals surface area contributed by atoms with Crippen molar-refractivity contribution in [1.82, 2.24) is 0 Å².